The van der Waals surface area contributed by atoms with E-state index in [4.69, 9.17) is 4.74 Å². The van der Waals surface area contributed by atoms with Gasteiger partial charge in [0.05, 0.1) is 13.2 Å². The smallest absolute Gasteiger partial charge is 0.221 e. The molecular weight excluding hydrogens is 342 g/mol. The minimum Gasteiger partial charge on any atom is -0.497 e. The van der Waals surface area contributed by atoms with Crippen molar-refractivity contribution in [1.29, 1.82) is 0 Å². The second-order valence-electron chi connectivity index (χ2n) is 6.93. The van der Waals surface area contributed by atoms with E-state index in [1.54, 1.807) is 18.9 Å². The first-order valence-electron chi connectivity index (χ1n) is 9.10. The van der Waals surface area contributed by atoms with Crippen LogP contribution >= 0.6 is 11.8 Å². The normalized spacial score (nSPS) is 12.0. The molecule has 140 valence electrons. The molecule has 0 saturated carbocycles. The number of thioether (sulfide) groups is 1. The average Bonchev–Trinajstić information content (AvgIpc) is 2.62. The Morgan fingerprint density at radius 2 is 1.73 bits per heavy atom. The van der Waals surface area contributed by atoms with Gasteiger partial charge in [0.2, 0.25) is 5.91 Å². The number of rotatable bonds is 9. The molecule has 0 unspecified atom stereocenters. The highest BCUT2D eigenvalue weighted by Gasteiger charge is 2.16. The molecular formula is C22H29NO2S. The third kappa shape index (κ3) is 6.75. The zero-order chi connectivity index (χ0) is 18.9. The van der Waals surface area contributed by atoms with Gasteiger partial charge in [-0.3, -0.25) is 4.79 Å². The Labute approximate surface area is 161 Å². The van der Waals surface area contributed by atoms with Crippen LogP contribution < -0.4 is 10.1 Å². The molecule has 2 aromatic rings. The second kappa shape index (κ2) is 10.3. The molecule has 0 aromatic heterocycles. The molecule has 0 fully saturated rings. The van der Waals surface area contributed by atoms with Crippen molar-refractivity contribution < 1.29 is 9.53 Å². The van der Waals surface area contributed by atoms with Crippen LogP contribution in [0.4, 0.5) is 0 Å². The summed E-state index contributed by atoms with van der Waals surface area (Å²) < 4.78 is 5.22. The number of amides is 1. The van der Waals surface area contributed by atoms with Gasteiger partial charge < -0.3 is 10.1 Å². The van der Waals surface area contributed by atoms with E-state index >= 15 is 0 Å². The second-order valence-corrected chi connectivity index (χ2v) is 8.10. The third-order valence-corrected chi connectivity index (χ3v) is 5.19. The number of ether oxygens (including phenoxy) is 1. The fourth-order valence-corrected chi connectivity index (χ4v) is 3.60. The lowest BCUT2D eigenvalue weighted by Crippen LogP contribution is -2.29. The molecule has 26 heavy (non-hydrogen) atoms. The van der Waals surface area contributed by atoms with Crippen LogP contribution in [0.25, 0.3) is 0 Å². The Bertz CT molecular complexity index is 680. The van der Waals surface area contributed by atoms with Crippen LogP contribution in [0.5, 0.6) is 5.75 Å². The van der Waals surface area contributed by atoms with Gasteiger partial charge in [-0.25, -0.2) is 0 Å². The van der Waals surface area contributed by atoms with Gasteiger partial charge in [0.25, 0.3) is 0 Å². The molecule has 0 aliphatic heterocycles. The maximum atomic E-state index is 12.4. The maximum absolute atomic E-state index is 12.4. The summed E-state index contributed by atoms with van der Waals surface area (Å²) >= 11 is 1.72. The van der Waals surface area contributed by atoms with Crippen molar-refractivity contribution in [2.45, 2.75) is 44.6 Å². The Kier molecular flexibility index (Phi) is 8.05. The first-order valence-corrected chi connectivity index (χ1v) is 10.1. The van der Waals surface area contributed by atoms with Crippen molar-refractivity contribution in [2.24, 2.45) is 5.92 Å². The van der Waals surface area contributed by atoms with E-state index in [-0.39, 0.29) is 11.9 Å². The first-order chi connectivity index (χ1) is 12.5. The van der Waals surface area contributed by atoms with Crippen LogP contribution in [0.2, 0.25) is 0 Å². The number of methoxy groups -OCH3 is 1. The zero-order valence-electron chi connectivity index (χ0n) is 16.1. The summed E-state index contributed by atoms with van der Waals surface area (Å²) in [6.07, 6.45) is 1.44. The Morgan fingerprint density at radius 1 is 1.08 bits per heavy atom. The molecule has 0 saturated heterocycles. The molecule has 2 rings (SSSR count). The highest BCUT2D eigenvalue weighted by Crippen LogP contribution is 2.24. The Morgan fingerprint density at radius 3 is 2.31 bits per heavy atom. The van der Waals surface area contributed by atoms with Gasteiger partial charge >= 0.3 is 0 Å². The van der Waals surface area contributed by atoms with E-state index < -0.39 is 0 Å². The van der Waals surface area contributed by atoms with Crippen molar-refractivity contribution in [3.8, 4) is 5.75 Å². The summed E-state index contributed by atoms with van der Waals surface area (Å²) in [5.74, 6) is 2.22. The van der Waals surface area contributed by atoms with E-state index in [0.717, 1.165) is 23.5 Å². The molecule has 1 amide bonds. The lowest BCUT2D eigenvalue weighted by Gasteiger charge is -2.21. The Balaban J connectivity index is 1.89. The van der Waals surface area contributed by atoms with Gasteiger partial charge in [0, 0.05) is 17.1 Å². The predicted molar refractivity (Wildman–Crippen MR) is 110 cm³/mol. The standard InChI is InChI=1S/C22H29NO2S/c1-16(2)15-21(18-7-9-19(25-4)10-8-18)23-22(24)13-14-26-20-11-5-17(3)6-12-20/h5-12,16,21H,13-15H2,1-4H3,(H,23,24)/t21-/m0/s1. The van der Waals surface area contributed by atoms with Crippen LogP contribution in [0.3, 0.4) is 0 Å². The summed E-state index contributed by atoms with van der Waals surface area (Å²) in [7, 11) is 1.66. The van der Waals surface area contributed by atoms with Gasteiger partial charge in [-0.05, 0) is 49.1 Å². The largest absolute Gasteiger partial charge is 0.497 e. The lowest BCUT2D eigenvalue weighted by atomic mass is 9.97. The molecule has 0 bridgehead atoms. The lowest BCUT2D eigenvalue weighted by molar-refractivity contribution is -0.121. The number of hydrogen-bond acceptors (Lipinski definition) is 3. The molecule has 3 nitrogen and oxygen atoms in total. The average molecular weight is 372 g/mol. The van der Waals surface area contributed by atoms with Crippen molar-refractivity contribution in [3.63, 3.8) is 0 Å². The van der Waals surface area contributed by atoms with E-state index in [9.17, 15) is 4.79 Å². The minimum absolute atomic E-state index is 0.0396. The van der Waals surface area contributed by atoms with Gasteiger partial charge in [0.15, 0.2) is 0 Å². The van der Waals surface area contributed by atoms with Gasteiger partial charge in [-0.2, -0.15) is 0 Å². The fourth-order valence-electron chi connectivity index (χ4n) is 2.75. The van der Waals surface area contributed by atoms with Gasteiger partial charge in [0.1, 0.15) is 5.75 Å². The first kappa shape index (κ1) is 20.4. The van der Waals surface area contributed by atoms with Gasteiger partial charge in [-0.1, -0.05) is 43.7 Å². The molecule has 2 aromatic carbocycles. The van der Waals surface area contributed by atoms with E-state index in [2.05, 4.69) is 50.4 Å². The molecule has 0 aliphatic carbocycles. The minimum atomic E-state index is 0.0396. The van der Waals surface area contributed by atoms with Crippen LogP contribution in [-0.2, 0) is 4.79 Å². The highest BCUT2D eigenvalue weighted by atomic mass is 32.2. The number of carbonyl (C=O) groups is 1. The monoisotopic (exact) mass is 371 g/mol. The Hall–Kier alpha value is -1.94. The summed E-state index contributed by atoms with van der Waals surface area (Å²) in [4.78, 5) is 13.6. The summed E-state index contributed by atoms with van der Waals surface area (Å²) in [5.41, 5.74) is 2.38. The molecule has 0 aliphatic rings. The van der Waals surface area contributed by atoms with E-state index in [1.165, 1.54) is 10.5 Å². The zero-order valence-corrected chi connectivity index (χ0v) is 16.9. The summed E-state index contributed by atoms with van der Waals surface area (Å²) in [6.45, 7) is 6.43. The molecule has 0 heterocycles. The van der Waals surface area contributed by atoms with E-state index in [0.29, 0.717) is 12.3 Å². The van der Waals surface area contributed by atoms with Crippen molar-refractivity contribution in [1.82, 2.24) is 5.32 Å². The number of benzene rings is 2. The van der Waals surface area contributed by atoms with Crippen molar-refractivity contribution in [3.05, 3.63) is 59.7 Å². The maximum Gasteiger partial charge on any atom is 0.221 e. The topological polar surface area (TPSA) is 38.3 Å². The molecule has 0 radical (unpaired) electrons. The number of hydrogen-bond donors (Lipinski definition) is 1. The molecule has 4 heteroatoms. The predicted octanol–water partition coefficient (Wildman–Crippen LogP) is 5.39. The summed E-state index contributed by atoms with van der Waals surface area (Å²) in [5, 5.41) is 3.20. The SMILES string of the molecule is COc1ccc([C@H](CC(C)C)NC(=O)CCSc2ccc(C)cc2)cc1. The van der Waals surface area contributed by atoms with Crippen LogP contribution in [-0.4, -0.2) is 18.8 Å². The van der Waals surface area contributed by atoms with Crippen LogP contribution in [0.1, 0.15) is 43.9 Å². The van der Waals surface area contributed by atoms with Crippen LogP contribution in [0, 0.1) is 12.8 Å². The quantitative estimate of drug-likeness (QED) is 0.601. The van der Waals surface area contributed by atoms with Crippen molar-refractivity contribution >= 4 is 17.7 Å². The highest BCUT2D eigenvalue weighted by molar-refractivity contribution is 7.99. The number of aryl methyl sites for hydroxylation is 1. The molecule has 1 atom stereocenters. The van der Waals surface area contributed by atoms with E-state index in [1.807, 2.05) is 24.3 Å². The molecule has 1 N–H and O–H groups in total. The third-order valence-electron chi connectivity index (χ3n) is 4.18. The van der Waals surface area contributed by atoms with Crippen LogP contribution in [0.15, 0.2) is 53.4 Å². The fraction of sp³-hybridized carbons (Fsp3) is 0.409. The summed E-state index contributed by atoms with van der Waals surface area (Å²) in [6, 6.07) is 16.4. The molecule has 0 spiro atoms. The number of carbonyl (C=O) groups excluding carboxylic acids is 1. The number of nitrogens with one attached hydrogen (secondary N) is 1. The van der Waals surface area contributed by atoms with Crippen molar-refractivity contribution in [2.75, 3.05) is 12.9 Å². The van der Waals surface area contributed by atoms with Gasteiger partial charge in [-0.15, -0.1) is 11.8 Å².